The Kier molecular flexibility index (Phi) is 6.79. The lowest BCUT2D eigenvalue weighted by atomic mass is 10.0. The Balaban J connectivity index is 3.17. The normalized spacial score (nSPS) is 13.2. The standard InChI is InChI=1S/C15H13F6NO4/c1-2-3-26-7-11(13(24)25)22-12(23)8-4-9(14(16,17)18)6-10(5-8)15(19,20)21/h2,4-6,11H,1,3,7H2,(H,22,23)(H,24,25). The Morgan fingerprint density at radius 1 is 1.12 bits per heavy atom. The van der Waals surface area contributed by atoms with Crippen LogP contribution in [0.5, 0.6) is 0 Å². The van der Waals surface area contributed by atoms with Crippen molar-refractivity contribution in [3.05, 3.63) is 47.5 Å². The molecule has 0 saturated carbocycles. The van der Waals surface area contributed by atoms with E-state index < -0.39 is 53.6 Å². The minimum atomic E-state index is -5.13. The van der Waals surface area contributed by atoms with Crippen LogP contribution in [0.3, 0.4) is 0 Å². The number of halogens is 6. The molecule has 144 valence electrons. The summed E-state index contributed by atoms with van der Waals surface area (Å²) in [4.78, 5) is 23.0. The Morgan fingerprint density at radius 3 is 2.00 bits per heavy atom. The van der Waals surface area contributed by atoms with Crippen molar-refractivity contribution in [3.8, 4) is 0 Å². The molecule has 11 heteroatoms. The number of nitrogens with one attached hydrogen (secondary N) is 1. The molecule has 1 atom stereocenters. The molecule has 2 N–H and O–H groups in total. The summed E-state index contributed by atoms with van der Waals surface area (Å²) in [7, 11) is 0. The predicted octanol–water partition coefficient (Wildman–Crippen LogP) is 3.11. The van der Waals surface area contributed by atoms with Crippen LogP contribution in [0.4, 0.5) is 26.3 Å². The minimum absolute atomic E-state index is 0.0680. The van der Waals surface area contributed by atoms with Crippen molar-refractivity contribution in [1.29, 1.82) is 0 Å². The molecule has 0 aromatic heterocycles. The van der Waals surface area contributed by atoms with E-state index in [0.717, 1.165) is 0 Å². The van der Waals surface area contributed by atoms with E-state index in [0.29, 0.717) is 0 Å². The molecular formula is C15H13F6NO4. The zero-order valence-corrected chi connectivity index (χ0v) is 12.9. The summed E-state index contributed by atoms with van der Waals surface area (Å²) in [5.74, 6) is -3.00. The van der Waals surface area contributed by atoms with E-state index in [9.17, 15) is 35.9 Å². The van der Waals surface area contributed by atoms with Gasteiger partial charge in [-0.25, -0.2) is 4.79 Å². The van der Waals surface area contributed by atoms with Crippen molar-refractivity contribution in [2.45, 2.75) is 18.4 Å². The Hall–Kier alpha value is -2.56. The summed E-state index contributed by atoms with van der Waals surface area (Å²) in [6.45, 7) is 2.68. The van der Waals surface area contributed by atoms with Gasteiger partial charge in [-0.1, -0.05) is 6.08 Å². The first-order chi connectivity index (χ1) is 11.9. The van der Waals surface area contributed by atoms with E-state index in [1.807, 2.05) is 5.32 Å². The first-order valence-electron chi connectivity index (χ1n) is 6.88. The SMILES string of the molecule is C=CCOCC(NC(=O)c1cc(C(F)(F)F)cc(C(F)(F)F)c1)C(=O)O. The van der Waals surface area contributed by atoms with E-state index in [1.165, 1.54) is 6.08 Å². The first-order valence-corrected chi connectivity index (χ1v) is 6.88. The van der Waals surface area contributed by atoms with Crippen LogP contribution in [0.1, 0.15) is 21.5 Å². The van der Waals surface area contributed by atoms with Gasteiger partial charge in [0.2, 0.25) is 0 Å². The summed E-state index contributed by atoms with van der Waals surface area (Å²) in [6, 6.07) is -1.41. The highest BCUT2D eigenvalue weighted by Gasteiger charge is 2.37. The number of aliphatic carboxylic acids is 1. The average Bonchev–Trinajstić information content (AvgIpc) is 2.51. The van der Waals surface area contributed by atoms with Crippen LogP contribution < -0.4 is 5.32 Å². The zero-order valence-electron chi connectivity index (χ0n) is 12.9. The number of carboxylic acids is 1. The molecule has 0 spiro atoms. The van der Waals surface area contributed by atoms with Crippen molar-refractivity contribution in [1.82, 2.24) is 5.32 Å². The van der Waals surface area contributed by atoms with Crippen molar-refractivity contribution < 1.29 is 45.8 Å². The number of rotatable bonds is 7. The molecule has 0 heterocycles. The van der Waals surface area contributed by atoms with E-state index in [2.05, 4.69) is 6.58 Å². The van der Waals surface area contributed by atoms with E-state index in [1.54, 1.807) is 0 Å². The maximum Gasteiger partial charge on any atom is 0.416 e. The fourth-order valence-electron chi connectivity index (χ4n) is 1.77. The van der Waals surface area contributed by atoms with Gasteiger partial charge in [-0.05, 0) is 18.2 Å². The Bertz CT molecular complexity index is 651. The van der Waals surface area contributed by atoms with E-state index in [4.69, 9.17) is 9.84 Å². The molecule has 0 fully saturated rings. The third kappa shape index (κ3) is 6.06. The number of amides is 1. The van der Waals surface area contributed by atoms with Crippen molar-refractivity contribution in [3.63, 3.8) is 0 Å². The van der Waals surface area contributed by atoms with Gasteiger partial charge in [-0.15, -0.1) is 6.58 Å². The Labute approximate surface area is 143 Å². The molecule has 0 radical (unpaired) electrons. The number of carbonyl (C=O) groups is 2. The fourth-order valence-corrected chi connectivity index (χ4v) is 1.77. The van der Waals surface area contributed by atoms with Crippen molar-refractivity contribution in [2.75, 3.05) is 13.2 Å². The molecular weight excluding hydrogens is 372 g/mol. The van der Waals surface area contributed by atoms with Crippen LogP contribution in [-0.2, 0) is 21.9 Å². The molecule has 1 amide bonds. The number of hydrogen-bond acceptors (Lipinski definition) is 3. The highest BCUT2D eigenvalue weighted by molar-refractivity contribution is 5.97. The van der Waals surface area contributed by atoms with Crippen molar-refractivity contribution >= 4 is 11.9 Å². The van der Waals surface area contributed by atoms with Crippen LogP contribution in [0, 0.1) is 0 Å². The number of benzene rings is 1. The second-order valence-electron chi connectivity index (χ2n) is 4.98. The molecule has 5 nitrogen and oxygen atoms in total. The maximum absolute atomic E-state index is 12.8. The van der Waals surface area contributed by atoms with Gasteiger partial charge in [-0.3, -0.25) is 4.79 Å². The smallest absolute Gasteiger partial charge is 0.416 e. The van der Waals surface area contributed by atoms with Crippen LogP contribution >= 0.6 is 0 Å². The third-order valence-electron chi connectivity index (χ3n) is 2.97. The Morgan fingerprint density at radius 2 is 1.62 bits per heavy atom. The van der Waals surface area contributed by atoms with E-state index in [-0.39, 0.29) is 24.8 Å². The van der Waals surface area contributed by atoms with Crippen molar-refractivity contribution in [2.24, 2.45) is 0 Å². The number of hydrogen-bond donors (Lipinski definition) is 2. The molecule has 0 bridgehead atoms. The summed E-state index contributed by atoms with van der Waals surface area (Å²) < 4.78 is 81.5. The van der Waals surface area contributed by atoms with Crippen LogP contribution in [-0.4, -0.2) is 36.2 Å². The summed E-state index contributed by atoms with van der Waals surface area (Å²) >= 11 is 0. The highest BCUT2D eigenvalue weighted by Crippen LogP contribution is 2.36. The zero-order chi connectivity index (χ0) is 20.1. The summed E-state index contributed by atoms with van der Waals surface area (Å²) in [5, 5.41) is 10.8. The lowest BCUT2D eigenvalue weighted by molar-refractivity contribution is -0.143. The fraction of sp³-hybridized carbons (Fsp3) is 0.333. The second kappa shape index (κ2) is 8.21. The monoisotopic (exact) mass is 385 g/mol. The van der Waals surface area contributed by atoms with Gasteiger partial charge >= 0.3 is 18.3 Å². The highest BCUT2D eigenvalue weighted by atomic mass is 19.4. The summed E-state index contributed by atoms with van der Waals surface area (Å²) in [6.07, 6.45) is -8.98. The third-order valence-corrected chi connectivity index (χ3v) is 2.97. The molecule has 1 aromatic rings. The minimum Gasteiger partial charge on any atom is -0.480 e. The quantitative estimate of drug-likeness (QED) is 0.430. The topological polar surface area (TPSA) is 75.6 Å². The molecule has 0 aliphatic carbocycles. The molecule has 1 unspecified atom stereocenters. The number of ether oxygens (including phenoxy) is 1. The van der Waals surface area contributed by atoms with Gasteiger partial charge < -0.3 is 15.2 Å². The molecule has 0 aliphatic heterocycles. The van der Waals surface area contributed by atoms with E-state index >= 15 is 0 Å². The summed E-state index contributed by atoms with van der Waals surface area (Å²) in [5.41, 5.74) is -4.36. The van der Waals surface area contributed by atoms with Gasteiger partial charge in [0.05, 0.1) is 24.3 Å². The lowest BCUT2D eigenvalue weighted by Gasteiger charge is -2.17. The number of alkyl halides is 6. The van der Waals surface area contributed by atoms with Gasteiger partial charge in [-0.2, -0.15) is 26.3 Å². The largest absolute Gasteiger partial charge is 0.480 e. The van der Waals surface area contributed by atoms with Crippen LogP contribution in [0.25, 0.3) is 0 Å². The molecule has 1 rings (SSSR count). The average molecular weight is 385 g/mol. The van der Waals surface area contributed by atoms with Crippen LogP contribution in [0.15, 0.2) is 30.9 Å². The van der Waals surface area contributed by atoms with Crippen LogP contribution in [0.2, 0.25) is 0 Å². The second-order valence-corrected chi connectivity index (χ2v) is 4.98. The van der Waals surface area contributed by atoms with Gasteiger partial charge in [0.25, 0.3) is 5.91 Å². The van der Waals surface area contributed by atoms with Gasteiger partial charge in [0.15, 0.2) is 6.04 Å². The maximum atomic E-state index is 12.8. The van der Waals surface area contributed by atoms with Gasteiger partial charge in [0.1, 0.15) is 0 Å². The molecule has 0 aliphatic rings. The molecule has 26 heavy (non-hydrogen) atoms. The number of carboxylic acid groups (broad SMARTS) is 1. The predicted molar refractivity (Wildman–Crippen MR) is 76.4 cm³/mol. The lowest BCUT2D eigenvalue weighted by Crippen LogP contribution is -2.44. The van der Waals surface area contributed by atoms with Gasteiger partial charge in [0, 0.05) is 5.56 Å². The first kappa shape index (κ1) is 21.5. The molecule has 1 aromatic carbocycles. The molecule has 0 saturated heterocycles. The number of carbonyl (C=O) groups excluding carboxylic acids is 1.